The number of halogens is 1. The number of β-lactam (4-membered cyclic amide) rings is 1. The molecule has 2 N–H and O–H groups in total. The summed E-state index contributed by atoms with van der Waals surface area (Å²) in [6, 6.07) is 6.79. The molecule has 3 aliphatic rings. The van der Waals surface area contributed by atoms with Crippen LogP contribution >= 0.6 is 23.4 Å². The fourth-order valence-corrected chi connectivity index (χ4v) is 6.51. The van der Waals surface area contributed by atoms with Gasteiger partial charge >= 0.3 is 11.9 Å². The van der Waals surface area contributed by atoms with E-state index in [4.69, 9.17) is 16.3 Å². The molecule has 0 radical (unpaired) electrons. The fraction of sp³-hybridized carbons (Fsp3) is 0.400. The summed E-state index contributed by atoms with van der Waals surface area (Å²) in [6.07, 6.45) is 3.00. The summed E-state index contributed by atoms with van der Waals surface area (Å²) in [5.74, 6) is -2.41. The molecule has 1 aromatic carbocycles. The van der Waals surface area contributed by atoms with E-state index < -0.39 is 29.3 Å². The molecule has 0 aliphatic carbocycles. The Hall–Kier alpha value is -3.31. The molecule has 2 saturated heterocycles. The average Bonchev–Trinajstić information content (AvgIpc) is 2.89. The summed E-state index contributed by atoms with van der Waals surface area (Å²) < 4.78 is 4.95. The second-order valence-corrected chi connectivity index (χ2v) is 10.7. The number of aromatic nitrogens is 1. The number of carboxylic acids is 1. The van der Waals surface area contributed by atoms with Crippen LogP contribution < -0.4 is 10.2 Å². The van der Waals surface area contributed by atoms with Crippen LogP contribution in [0.5, 0.6) is 0 Å². The Bertz CT molecular complexity index is 1330. The second kappa shape index (κ2) is 10.2. The van der Waals surface area contributed by atoms with Crippen molar-refractivity contribution in [1.82, 2.24) is 15.2 Å². The first-order valence-electron chi connectivity index (χ1n) is 11.9. The molecule has 5 rings (SSSR count). The van der Waals surface area contributed by atoms with Crippen molar-refractivity contribution in [2.75, 3.05) is 30.3 Å². The molecule has 4 heterocycles. The van der Waals surface area contributed by atoms with Crippen molar-refractivity contribution >= 4 is 63.7 Å². The van der Waals surface area contributed by atoms with Crippen molar-refractivity contribution in [1.29, 1.82) is 0 Å². The van der Waals surface area contributed by atoms with Crippen LogP contribution in [0.1, 0.15) is 19.8 Å². The van der Waals surface area contributed by atoms with E-state index in [0.717, 1.165) is 16.6 Å². The minimum absolute atomic E-state index is 0.167. The summed E-state index contributed by atoms with van der Waals surface area (Å²) in [7, 11) is 0. The Balaban J connectivity index is 1.21. The summed E-state index contributed by atoms with van der Waals surface area (Å²) in [5, 5.41) is 13.7. The van der Waals surface area contributed by atoms with Crippen molar-refractivity contribution in [3.63, 3.8) is 0 Å². The minimum Gasteiger partial charge on any atom is -0.477 e. The van der Waals surface area contributed by atoms with Crippen LogP contribution in [0.25, 0.3) is 10.9 Å². The largest absolute Gasteiger partial charge is 0.477 e. The maximum atomic E-state index is 13.1. The molecule has 2 amide bonds. The molecule has 0 saturated carbocycles. The first kappa shape index (κ1) is 25.3. The molecule has 0 spiro atoms. The van der Waals surface area contributed by atoms with Gasteiger partial charge in [0.2, 0.25) is 5.91 Å². The number of esters is 1. The van der Waals surface area contributed by atoms with Crippen molar-refractivity contribution in [3.05, 3.63) is 46.8 Å². The number of nitrogens with zero attached hydrogens (tertiary/aromatic N) is 3. The molecule has 1 aromatic heterocycles. The molecule has 0 unspecified atom stereocenters. The number of aliphatic carboxylic acids is 1. The highest BCUT2D eigenvalue weighted by atomic mass is 35.5. The molecule has 12 heteroatoms. The van der Waals surface area contributed by atoms with Crippen LogP contribution in [0.15, 0.2) is 41.7 Å². The number of ether oxygens (including phenoxy) is 1. The Kier molecular flexibility index (Phi) is 7.00. The number of benzene rings is 1. The number of fused-ring (bicyclic) bond motifs is 2. The lowest BCUT2D eigenvalue weighted by Crippen LogP contribution is -2.71. The van der Waals surface area contributed by atoms with Crippen LogP contribution in [0, 0.1) is 5.92 Å². The van der Waals surface area contributed by atoms with Gasteiger partial charge in [-0.3, -0.25) is 24.3 Å². The summed E-state index contributed by atoms with van der Waals surface area (Å²) in [6.45, 7) is 2.40. The molecule has 0 bridgehead atoms. The third-order valence-corrected chi connectivity index (χ3v) is 8.46. The van der Waals surface area contributed by atoms with Gasteiger partial charge in [-0.1, -0.05) is 11.6 Å². The standard InChI is InChI=1S/C25H25ClN4O6S/c1-13(31)36-11-15-12-37-24-20(23(33)30(24)21(15)25(34)35)28-22(32)14-5-8-29(9-6-14)19-4-7-27-18-10-16(26)2-3-17(18)19/h2-4,7,10,14,20,24H,5-6,8-9,11-12H2,1H3,(H,28,32)(H,34,35)/t20-,24-/m1/s1. The molecular formula is C25H25ClN4O6S. The van der Waals surface area contributed by atoms with Gasteiger partial charge in [-0.25, -0.2) is 4.79 Å². The zero-order valence-corrected chi connectivity index (χ0v) is 21.6. The van der Waals surface area contributed by atoms with Gasteiger partial charge < -0.3 is 20.1 Å². The van der Waals surface area contributed by atoms with Crippen molar-refractivity contribution in [3.8, 4) is 0 Å². The molecule has 2 atom stereocenters. The predicted molar refractivity (Wildman–Crippen MR) is 138 cm³/mol. The second-order valence-electron chi connectivity index (χ2n) is 9.19. The highest BCUT2D eigenvalue weighted by Gasteiger charge is 2.54. The number of hydrogen-bond donors (Lipinski definition) is 2. The number of rotatable bonds is 6. The monoisotopic (exact) mass is 544 g/mol. The quantitative estimate of drug-likeness (QED) is 0.416. The lowest BCUT2D eigenvalue weighted by molar-refractivity contribution is -0.151. The number of carbonyl (C=O) groups excluding carboxylic acids is 3. The summed E-state index contributed by atoms with van der Waals surface area (Å²) >= 11 is 7.45. The topological polar surface area (TPSA) is 129 Å². The van der Waals surface area contributed by atoms with Crippen molar-refractivity contribution in [2.24, 2.45) is 5.92 Å². The van der Waals surface area contributed by atoms with Crippen LogP contribution in [0.3, 0.4) is 0 Å². The summed E-state index contributed by atoms with van der Waals surface area (Å²) in [5.41, 5.74) is 2.05. The maximum absolute atomic E-state index is 13.1. The zero-order valence-electron chi connectivity index (χ0n) is 20.0. The van der Waals surface area contributed by atoms with Crippen LogP contribution in [0.4, 0.5) is 5.69 Å². The number of piperidine rings is 1. The molecule has 37 heavy (non-hydrogen) atoms. The number of nitrogens with one attached hydrogen (secondary N) is 1. The maximum Gasteiger partial charge on any atom is 0.352 e. The van der Waals surface area contributed by atoms with E-state index >= 15 is 0 Å². The number of pyridine rings is 1. The van der Waals surface area contributed by atoms with Gasteiger partial charge in [0, 0.05) is 59.6 Å². The molecule has 2 aromatic rings. The number of anilines is 1. The van der Waals surface area contributed by atoms with Gasteiger partial charge in [-0.05, 0) is 37.1 Å². The van der Waals surface area contributed by atoms with E-state index in [1.807, 2.05) is 24.3 Å². The molecule has 3 aliphatic heterocycles. The molecule has 2 fully saturated rings. The Morgan fingerprint density at radius 3 is 2.70 bits per heavy atom. The zero-order chi connectivity index (χ0) is 26.3. The number of hydrogen-bond acceptors (Lipinski definition) is 8. The molecule has 10 nitrogen and oxygen atoms in total. The van der Waals surface area contributed by atoms with Gasteiger partial charge in [-0.15, -0.1) is 11.8 Å². The Morgan fingerprint density at radius 1 is 1.24 bits per heavy atom. The lowest BCUT2D eigenvalue weighted by Gasteiger charge is -2.49. The van der Waals surface area contributed by atoms with E-state index in [0.29, 0.717) is 42.3 Å². The lowest BCUT2D eigenvalue weighted by atomic mass is 9.94. The highest BCUT2D eigenvalue weighted by Crippen LogP contribution is 2.40. The predicted octanol–water partition coefficient (Wildman–Crippen LogP) is 2.41. The van der Waals surface area contributed by atoms with Crippen molar-refractivity contribution in [2.45, 2.75) is 31.2 Å². The van der Waals surface area contributed by atoms with Gasteiger partial charge in [0.1, 0.15) is 23.7 Å². The summed E-state index contributed by atoms with van der Waals surface area (Å²) in [4.78, 5) is 56.7. The molecular weight excluding hydrogens is 520 g/mol. The Morgan fingerprint density at radius 2 is 2.00 bits per heavy atom. The van der Waals surface area contributed by atoms with Gasteiger partial charge in [0.15, 0.2) is 0 Å². The normalized spacial score (nSPS) is 21.9. The first-order valence-corrected chi connectivity index (χ1v) is 13.3. The third kappa shape index (κ3) is 4.85. The number of amides is 2. The van der Waals surface area contributed by atoms with E-state index in [1.165, 1.54) is 23.6 Å². The fourth-order valence-electron chi connectivity index (χ4n) is 5.02. The van der Waals surface area contributed by atoms with E-state index in [9.17, 15) is 24.3 Å². The van der Waals surface area contributed by atoms with Crippen LogP contribution in [-0.2, 0) is 23.9 Å². The van der Waals surface area contributed by atoms with Crippen LogP contribution in [-0.4, -0.2) is 75.6 Å². The van der Waals surface area contributed by atoms with Crippen molar-refractivity contribution < 1.29 is 29.0 Å². The third-order valence-electron chi connectivity index (χ3n) is 6.89. The minimum atomic E-state index is -1.26. The smallest absolute Gasteiger partial charge is 0.352 e. The highest BCUT2D eigenvalue weighted by molar-refractivity contribution is 8.00. The van der Waals surface area contributed by atoms with Crippen LogP contribution in [0.2, 0.25) is 5.02 Å². The first-order chi connectivity index (χ1) is 17.7. The number of thioether (sulfide) groups is 1. The van der Waals surface area contributed by atoms with E-state index in [2.05, 4.69) is 15.2 Å². The number of carbonyl (C=O) groups is 4. The van der Waals surface area contributed by atoms with Gasteiger partial charge in [0.25, 0.3) is 5.91 Å². The van der Waals surface area contributed by atoms with Gasteiger partial charge in [0.05, 0.1) is 5.52 Å². The van der Waals surface area contributed by atoms with E-state index in [1.54, 1.807) is 6.20 Å². The number of carboxylic acid groups (broad SMARTS) is 1. The molecule has 194 valence electrons. The Labute approximate surface area is 222 Å². The SMILES string of the molecule is CC(=O)OCC1=C(C(=O)O)N2C(=O)[C@@H](NC(=O)C3CCN(c4ccnc5cc(Cl)ccc45)CC3)[C@H]2SC1. The van der Waals surface area contributed by atoms with Gasteiger partial charge in [-0.2, -0.15) is 0 Å². The average molecular weight is 545 g/mol. The van der Waals surface area contributed by atoms with E-state index in [-0.39, 0.29) is 24.1 Å².